The molecule has 1 N–H and O–H groups in total. The predicted octanol–water partition coefficient (Wildman–Crippen LogP) is 6.12. The van der Waals surface area contributed by atoms with Crippen LogP contribution in [0.5, 0.6) is 17.2 Å². The van der Waals surface area contributed by atoms with Crippen LogP contribution >= 0.6 is 0 Å². The zero-order valence-corrected chi connectivity index (χ0v) is 17.4. The first-order valence-corrected chi connectivity index (χ1v) is 9.94. The third kappa shape index (κ3) is 5.92. The number of phenols is 1. The molecule has 4 nitrogen and oxygen atoms in total. The zero-order valence-electron chi connectivity index (χ0n) is 17.4. The van der Waals surface area contributed by atoms with Crippen molar-refractivity contribution >= 4 is 0 Å². The molecule has 0 aromatic heterocycles. The topological polar surface area (TPSA) is 62.5 Å². The number of ether oxygens (including phenoxy) is 2. The first-order valence-electron chi connectivity index (χ1n) is 9.94. The van der Waals surface area contributed by atoms with Crippen molar-refractivity contribution in [1.29, 1.82) is 5.26 Å². The molecule has 2 rings (SSSR count). The van der Waals surface area contributed by atoms with E-state index in [0.29, 0.717) is 6.61 Å². The standard InChI is InChI=1S/C24H31NO3/c1-5-18-15-21(19-10-9-11-20(14-19)27-4)22(26)16-23(18)28-13-8-6-7-12-24(2,3)17-25/h9-11,14-16,26H,5-8,12-13H2,1-4H3. The van der Waals surface area contributed by atoms with Gasteiger partial charge < -0.3 is 14.6 Å². The minimum atomic E-state index is -0.252. The molecule has 0 fully saturated rings. The molecule has 0 aliphatic heterocycles. The lowest BCUT2D eigenvalue weighted by Crippen LogP contribution is -2.07. The van der Waals surface area contributed by atoms with Crippen LogP contribution in [0.4, 0.5) is 0 Å². The van der Waals surface area contributed by atoms with Crippen LogP contribution in [0.3, 0.4) is 0 Å². The Bertz CT molecular complexity index is 821. The normalized spacial score (nSPS) is 11.1. The van der Waals surface area contributed by atoms with Crippen LogP contribution < -0.4 is 9.47 Å². The second-order valence-corrected chi connectivity index (χ2v) is 7.72. The lowest BCUT2D eigenvalue weighted by atomic mass is 9.89. The second kappa shape index (κ2) is 10.0. The van der Waals surface area contributed by atoms with E-state index in [1.807, 2.05) is 44.2 Å². The molecule has 4 heteroatoms. The molecule has 0 heterocycles. The summed E-state index contributed by atoms with van der Waals surface area (Å²) >= 11 is 0. The minimum absolute atomic E-state index is 0.205. The highest BCUT2D eigenvalue weighted by Crippen LogP contribution is 2.37. The molecule has 0 aliphatic rings. The number of nitriles is 1. The van der Waals surface area contributed by atoms with Crippen molar-refractivity contribution in [2.24, 2.45) is 5.41 Å². The number of aromatic hydroxyl groups is 1. The number of methoxy groups -OCH3 is 1. The summed E-state index contributed by atoms with van der Waals surface area (Å²) in [6, 6.07) is 13.7. The van der Waals surface area contributed by atoms with Crippen molar-refractivity contribution in [3.63, 3.8) is 0 Å². The Morgan fingerprint density at radius 1 is 1.11 bits per heavy atom. The summed E-state index contributed by atoms with van der Waals surface area (Å²) in [6.07, 6.45) is 4.71. The predicted molar refractivity (Wildman–Crippen MR) is 113 cm³/mol. The Labute approximate surface area is 168 Å². The molecule has 0 spiro atoms. The summed E-state index contributed by atoms with van der Waals surface area (Å²) < 4.78 is 11.2. The van der Waals surface area contributed by atoms with Crippen LogP contribution in [-0.2, 0) is 6.42 Å². The van der Waals surface area contributed by atoms with Gasteiger partial charge in [0.1, 0.15) is 17.2 Å². The van der Waals surface area contributed by atoms with E-state index in [1.165, 1.54) is 0 Å². The third-order valence-corrected chi connectivity index (χ3v) is 4.95. The van der Waals surface area contributed by atoms with Gasteiger partial charge in [0.2, 0.25) is 0 Å². The third-order valence-electron chi connectivity index (χ3n) is 4.95. The smallest absolute Gasteiger partial charge is 0.127 e. The van der Waals surface area contributed by atoms with Gasteiger partial charge in [-0.05, 0) is 62.4 Å². The van der Waals surface area contributed by atoms with E-state index < -0.39 is 0 Å². The number of aryl methyl sites for hydroxylation is 1. The average Bonchev–Trinajstić information content (AvgIpc) is 2.70. The van der Waals surface area contributed by atoms with Gasteiger partial charge in [0.15, 0.2) is 0 Å². The zero-order chi connectivity index (χ0) is 20.6. The first-order chi connectivity index (χ1) is 13.4. The molecule has 0 bridgehead atoms. The molecule has 0 aliphatic carbocycles. The SMILES string of the molecule is CCc1cc(-c2cccc(OC)c2)c(O)cc1OCCCCCC(C)(C)C#N. The number of hydrogen-bond acceptors (Lipinski definition) is 4. The molecule has 2 aromatic carbocycles. The molecule has 0 saturated carbocycles. The van der Waals surface area contributed by atoms with Crippen molar-refractivity contribution in [3.05, 3.63) is 42.0 Å². The lowest BCUT2D eigenvalue weighted by molar-refractivity contribution is 0.296. The van der Waals surface area contributed by atoms with Gasteiger partial charge in [-0.2, -0.15) is 5.26 Å². The highest BCUT2D eigenvalue weighted by Gasteiger charge is 2.15. The molecule has 0 saturated heterocycles. The number of hydrogen-bond donors (Lipinski definition) is 1. The number of benzene rings is 2. The Kier molecular flexibility index (Phi) is 7.75. The highest BCUT2D eigenvalue weighted by molar-refractivity contribution is 5.73. The average molecular weight is 382 g/mol. The molecule has 0 unspecified atom stereocenters. The fraction of sp³-hybridized carbons (Fsp3) is 0.458. The number of unbranched alkanes of at least 4 members (excludes halogenated alkanes) is 2. The van der Waals surface area contributed by atoms with Crippen LogP contribution in [-0.4, -0.2) is 18.8 Å². The summed E-state index contributed by atoms with van der Waals surface area (Å²) in [5, 5.41) is 19.6. The number of phenolic OH excluding ortho intramolecular Hbond substituents is 1. The van der Waals surface area contributed by atoms with E-state index in [4.69, 9.17) is 14.7 Å². The van der Waals surface area contributed by atoms with E-state index in [0.717, 1.165) is 60.3 Å². The summed E-state index contributed by atoms with van der Waals surface area (Å²) in [4.78, 5) is 0. The molecular weight excluding hydrogens is 350 g/mol. The fourth-order valence-corrected chi connectivity index (χ4v) is 3.13. The Morgan fingerprint density at radius 3 is 2.57 bits per heavy atom. The minimum Gasteiger partial charge on any atom is -0.507 e. The molecule has 0 atom stereocenters. The maximum Gasteiger partial charge on any atom is 0.127 e. The van der Waals surface area contributed by atoms with Gasteiger partial charge in [-0.25, -0.2) is 0 Å². The molecular formula is C24H31NO3. The monoisotopic (exact) mass is 381 g/mol. The van der Waals surface area contributed by atoms with Crippen LogP contribution in [0.25, 0.3) is 11.1 Å². The van der Waals surface area contributed by atoms with Crippen molar-refractivity contribution in [2.75, 3.05) is 13.7 Å². The summed E-state index contributed by atoms with van der Waals surface area (Å²) in [7, 11) is 1.63. The quantitative estimate of drug-likeness (QED) is 0.504. The second-order valence-electron chi connectivity index (χ2n) is 7.72. The Balaban J connectivity index is 2.00. The van der Waals surface area contributed by atoms with E-state index in [2.05, 4.69) is 13.0 Å². The Hall–Kier alpha value is -2.67. The first kappa shape index (κ1) is 21.6. The van der Waals surface area contributed by atoms with Crippen molar-refractivity contribution in [3.8, 4) is 34.4 Å². The number of rotatable bonds is 10. The van der Waals surface area contributed by atoms with Crippen LogP contribution in [0.15, 0.2) is 36.4 Å². The largest absolute Gasteiger partial charge is 0.507 e. The van der Waals surface area contributed by atoms with E-state index in [1.54, 1.807) is 13.2 Å². The molecule has 2 aromatic rings. The molecule has 0 amide bonds. The fourth-order valence-electron chi connectivity index (χ4n) is 3.13. The van der Waals surface area contributed by atoms with Crippen LogP contribution in [0, 0.1) is 16.7 Å². The van der Waals surface area contributed by atoms with E-state index in [9.17, 15) is 5.11 Å². The van der Waals surface area contributed by atoms with E-state index in [-0.39, 0.29) is 11.2 Å². The maximum absolute atomic E-state index is 10.5. The van der Waals surface area contributed by atoms with Crippen molar-refractivity contribution < 1.29 is 14.6 Å². The van der Waals surface area contributed by atoms with Gasteiger partial charge >= 0.3 is 0 Å². The highest BCUT2D eigenvalue weighted by atomic mass is 16.5. The summed E-state index contributed by atoms with van der Waals surface area (Å²) in [6.45, 7) is 6.64. The van der Waals surface area contributed by atoms with Crippen LogP contribution in [0.2, 0.25) is 0 Å². The molecule has 28 heavy (non-hydrogen) atoms. The van der Waals surface area contributed by atoms with Crippen LogP contribution in [0.1, 0.15) is 52.0 Å². The number of nitrogens with zero attached hydrogens (tertiary/aromatic N) is 1. The van der Waals surface area contributed by atoms with E-state index >= 15 is 0 Å². The van der Waals surface area contributed by atoms with Gasteiger partial charge in [0.05, 0.1) is 25.2 Å². The van der Waals surface area contributed by atoms with Gasteiger partial charge in [0, 0.05) is 11.6 Å². The summed E-state index contributed by atoms with van der Waals surface area (Å²) in [5.41, 5.74) is 2.51. The van der Waals surface area contributed by atoms with Gasteiger partial charge in [-0.3, -0.25) is 0 Å². The maximum atomic E-state index is 10.5. The van der Waals surface area contributed by atoms with Gasteiger partial charge in [-0.15, -0.1) is 0 Å². The molecule has 150 valence electrons. The van der Waals surface area contributed by atoms with Crippen molar-refractivity contribution in [1.82, 2.24) is 0 Å². The van der Waals surface area contributed by atoms with Crippen molar-refractivity contribution in [2.45, 2.75) is 52.9 Å². The summed E-state index contributed by atoms with van der Waals surface area (Å²) in [5.74, 6) is 1.70. The van der Waals surface area contributed by atoms with Gasteiger partial charge in [0.25, 0.3) is 0 Å². The van der Waals surface area contributed by atoms with Gasteiger partial charge in [-0.1, -0.05) is 31.9 Å². The lowest BCUT2D eigenvalue weighted by Gasteiger charge is -2.16. The molecule has 0 radical (unpaired) electrons. The Morgan fingerprint density at radius 2 is 1.89 bits per heavy atom.